The Hall–Kier alpha value is -1.10. The molecule has 0 bridgehead atoms. The van der Waals surface area contributed by atoms with Crippen LogP contribution in [0.2, 0.25) is 5.02 Å². The lowest BCUT2D eigenvalue weighted by Gasteiger charge is -2.40. The van der Waals surface area contributed by atoms with E-state index in [-0.39, 0.29) is 12.0 Å². The Bertz CT molecular complexity index is 612. The number of carbonyl (C=O) groups is 1. The molecule has 0 radical (unpaired) electrons. The van der Waals surface area contributed by atoms with Crippen LogP contribution in [0.3, 0.4) is 0 Å². The second-order valence-corrected chi connectivity index (χ2v) is 8.81. The topological polar surface area (TPSA) is 38.8 Å². The summed E-state index contributed by atoms with van der Waals surface area (Å²) >= 11 is 6.07. The molecule has 1 aromatic carbocycles. The second-order valence-electron chi connectivity index (χ2n) is 8.37. The van der Waals surface area contributed by atoms with Gasteiger partial charge in [0.15, 0.2) is 6.10 Å². The first kappa shape index (κ1) is 20.6. The third-order valence-electron chi connectivity index (χ3n) is 5.99. The van der Waals surface area contributed by atoms with Gasteiger partial charge in [-0.3, -0.25) is 4.79 Å². The summed E-state index contributed by atoms with van der Waals surface area (Å²) in [6.07, 6.45) is 2.97. The molecule has 3 rings (SSSR count). The normalized spacial score (nSPS) is 27.6. The van der Waals surface area contributed by atoms with E-state index >= 15 is 0 Å². The average molecular weight is 394 g/mol. The van der Waals surface area contributed by atoms with E-state index in [1.165, 1.54) is 12.8 Å². The smallest absolute Gasteiger partial charge is 0.256 e. The Balaban J connectivity index is 1.84. The number of amides is 1. The van der Waals surface area contributed by atoms with Crippen LogP contribution in [0.5, 0.6) is 0 Å². The van der Waals surface area contributed by atoms with E-state index in [0.717, 1.165) is 12.0 Å². The van der Waals surface area contributed by atoms with Crippen LogP contribution < -0.4 is 0 Å². The summed E-state index contributed by atoms with van der Waals surface area (Å²) in [6, 6.07) is 7.51. The van der Waals surface area contributed by atoms with Crippen molar-refractivity contribution in [2.75, 3.05) is 26.3 Å². The maximum absolute atomic E-state index is 13.3. The molecule has 150 valence electrons. The molecule has 1 unspecified atom stereocenters. The van der Waals surface area contributed by atoms with E-state index in [0.29, 0.717) is 49.1 Å². The Kier molecular flexibility index (Phi) is 7.18. The van der Waals surface area contributed by atoms with Gasteiger partial charge in [0, 0.05) is 18.1 Å². The van der Waals surface area contributed by atoms with Gasteiger partial charge in [0.1, 0.15) is 0 Å². The van der Waals surface area contributed by atoms with Gasteiger partial charge in [-0.2, -0.15) is 0 Å². The monoisotopic (exact) mass is 393 g/mol. The largest absolute Gasteiger partial charge is 0.378 e. The Morgan fingerprint density at radius 2 is 1.85 bits per heavy atom. The molecule has 1 saturated carbocycles. The van der Waals surface area contributed by atoms with Crippen LogP contribution in [0.4, 0.5) is 0 Å². The van der Waals surface area contributed by atoms with Gasteiger partial charge < -0.3 is 14.4 Å². The number of ether oxygens (including phenoxy) is 2. The summed E-state index contributed by atoms with van der Waals surface area (Å²) in [7, 11) is 0. The molecule has 2 fully saturated rings. The van der Waals surface area contributed by atoms with E-state index in [2.05, 4.69) is 20.8 Å². The molecular formula is C22H32ClNO3. The molecule has 4 nitrogen and oxygen atoms in total. The molecule has 1 aromatic rings. The lowest BCUT2D eigenvalue weighted by Crippen LogP contribution is -2.45. The molecule has 27 heavy (non-hydrogen) atoms. The van der Waals surface area contributed by atoms with Gasteiger partial charge in [0.2, 0.25) is 0 Å². The first-order valence-corrected chi connectivity index (χ1v) is 10.6. The quantitative estimate of drug-likeness (QED) is 0.726. The SMILES string of the molecule is CC(C)[C@@H]1CC[C@@H](C)C[C@H]1OC(C(=O)N1CCOCC1)c1ccc(Cl)cc1. The van der Waals surface area contributed by atoms with E-state index in [4.69, 9.17) is 21.1 Å². The standard InChI is InChI=1S/C22H32ClNO3/c1-15(2)19-9-4-16(3)14-20(19)27-21(17-5-7-18(23)8-6-17)22(25)24-10-12-26-13-11-24/h5-8,15-16,19-21H,4,9-14H2,1-3H3/t16-,19+,20-,21?/m1/s1. The van der Waals surface area contributed by atoms with Crippen molar-refractivity contribution in [3.63, 3.8) is 0 Å². The first-order chi connectivity index (χ1) is 13.0. The number of benzene rings is 1. The molecule has 1 aliphatic carbocycles. The number of hydrogen-bond acceptors (Lipinski definition) is 3. The van der Waals surface area contributed by atoms with Crippen molar-refractivity contribution in [3.05, 3.63) is 34.9 Å². The van der Waals surface area contributed by atoms with Crippen LogP contribution in [0, 0.1) is 17.8 Å². The highest BCUT2D eigenvalue weighted by atomic mass is 35.5. The van der Waals surface area contributed by atoms with E-state index in [9.17, 15) is 4.79 Å². The van der Waals surface area contributed by atoms with Crippen LogP contribution in [0.25, 0.3) is 0 Å². The molecule has 5 heteroatoms. The highest BCUT2D eigenvalue weighted by Crippen LogP contribution is 2.38. The summed E-state index contributed by atoms with van der Waals surface area (Å²) in [5.74, 6) is 1.72. The molecule has 1 heterocycles. The molecule has 4 atom stereocenters. The van der Waals surface area contributed by atoms with E-state index in [1.807, 2.05) is 29.2 Å². The van der Waals surface area contributed by atoms with Crippen molar-refractivity contribution < 1.29 is 14.3 Å². The maximum Gasteiger partial charge on any atom is 0.256 e. The number of carbonyl (C=O) groups excluding carboxylic acids is 1. The summed E-state index contributed by atoms with van der Waals surface area (Å²) in [4.78, 5) is 15.2. The molecule has 2 aliphatic rings. The maximum atomic E-state index is 13.3. The molecule has 0 spiro atoms. The predicted molar refractivity (Wildman–Crippen MR) is 108 cm³/mol. The minimum atomic E-state index is -0.572. The summed E-state index contributed by atoms with van der Waals surface area (Å²) in [5.41, 5.74) is 0.886. The third kappa shape index (κ3) is 5.24. The number of hydrogen-bond donors (Lipinski definition) is 0. The zero-order valence-electron chi connectivity index (χ0n) is 16.7. The van der Waals surface area contributed by atoms with Gasteiger partial charge in [-0.05, 0) is 48.3 Å². The third-order valence-corrected chi connectivity index (χ3v) is 6.24. The lowest BCUT2D eigenvalue weighted by atomic mass is 9.75. The highest BCUT2D eigenvalue weighted by molar-refractivity contribution is 6.30. The summed E-state index contributed by atoms with van der Waals surface area (Å²) in [6.45, 7) is 9.24. The minimum Gasteiger partial charge on any atom is -0.378 e. The van der Waals surface area contributed by atoms with Crippen molar-refractivity contribution in [2.24, 2.45) is 17.8 Å². The van der Waals surface area contributed by atoms with E-state index in [1.54, 1.807) is 0 Å². The highest BCUT2D eigenvalue weighted by Gasteiger charge is 2.37. The summed E-state index contributed by atoms with van der Waals surface area (Å²) in [5, 5.41) is 0.669. The van der Waals surface area contributed by atoms with Gasteiger partial charge in [0.05, 0.1) is 19.3 Å². The fraction of sp³-hybridized carbons (Fsp3) is 0.682. The van der Waals surface area contributed by atoms with Crippen molar-refractivity contribution in [1.82, 2.24) is 4.90 Å². The fourth-order valence-corrected chi connectivity index (χ4v) is 4.44. The molecule has 1 amide bonds. The zero-order valence-corrected chi connectivity index (χ0v) is 17.5. The number of rotatable bonds is 5. The number of nitrogens with zero attached hydrogens (tertiary/aromatic N) is 1. The van der Waals surface area contributed by atoms with Crippen LogP contribution in [0.1, 0.15) is 51.7 Å². The van der Waals surface area contributed by atoms with Gasteiger partial charge >= 0.3 is 0 Å². The van der Waals surface area contributed by atoms with Gasteiger partial charge in [-0.25, -0.2) is 0 Å². The minimum absolute atomic E-state index is 0.0429. The molecule has 1 saturated heterocycles. The van der Waals surface area contributed by atoms with Crippen molar-refractivity contribution in [1.29, 1.82) is 0 Å². The first-order valence-electron chi connectivity index (χ1n) is 10.2. The van der Waals surface area contributed by atoms with Gasteiger partial charge in [-0.1, -0.05) is 50.9 Å². The van der Waals surface area contributed by atoms with Crippen LogP contribution in [-0.4, -0.2) is 43.2 Å². The predicted octanol–water partition coefficient (Wildman–Crippen LogP) is 4.72. The van der Waals surface area contributed by atoms with Gasteiger partial charge in [-0.15, -0.1) is 0 Å². The molecular weight excluding hydrogens is 362 g/mol. The van der Waals surface area contributed by atoms with E-state index < -0.39 is 6.10 Å². The lowest BCUT2D eigenvalue weighted by molar-refractivity contribution is -0.158. The van der Waals surface area contributed by atoms with Crippen molar-refractivity contribution in [3.8, 4) is 0 Å². The number of halogens is 1. The summed E-state index contributed by atoms with van der Waals surface area (Å²) < 4.78 is 12.0. The molecule has 1 aliphatic heterocycles. The molecule has 0 N–H and O–H groups in total. The Morgan fingerprint density at radius 1 is 1.19 bits per heavy atom. The van der Waals surface area contributed by atoms with Crippen LogP contribution in [-0.2, 0) is 14.3 Å². The fourth-order valence-electron chi connectivity index (χ4n) is 4.31. The zero-order chi connectivity index (χ0) is 19.4. The second kappa shape index (κ2) is 9.40. The number of morpholine rings is 1. The Labute approximate surface area is 168 Å². The molecule has 0 aromatic heterocycles. The Morgan fingerprint density at radius 3 is 2.48 bits per heavy atom. The average Bonchev–Trinajstić information content (AvgIpc) is 2.67. The van der Waals surface area contributed by atoms with Crippen LogP contribution in [0.15, 0.2) is 24.3 Å². The van der Waals surface area contributed by atoms with Crippen molar-refractivity contribution in [2.45, 2.75) is 52.2 Å². The van der Waals surface area contributed by atoms with Crippen LogP contribution >= 0.6 is 11.6 Å². The van der Waals surface area contributed by atoms with Gasteiger partial charge in [0.25, 0.3) is 5.91 Å². The van der Waals surface area contributed by atoms with Crippen molar-refractivity contribution >= 4 is 17.5 Å².